The number of methoxy groups -OCH3 is 1. The van der Waals surface area contributed by atoms with E-state index < -0.39 is 0 Å². The van der Waals surface area contributed by atoms with Gasteiger partial charge in [-0.15, -0.1) is 0 Å². The van der Waals surface area contributed by atoms with Crippen LogP contribution >= 0.6 is 0 Å². The molecule has 1 unspecified atom stereocenters. The van der Waals surface area contributed by atoms with Crippen LogP contribution in [0.25, 0.3) is 0 Å². The molecule has 0 N–H and O–H groups in total. The fourth-order valence-electron chi connectivity index (χ4n) is 2.91. The Labute approximate surface area is 141 Å². The molecule has 6 heteroatoms. The highest BCUT2D eigenvalue weighted by Gasteiger charge is 2.27. The van der Waals surface area contributed by atoms with Gasteiger partial charge in [-0.2, -0.15) is 10.2 Å². The molecule has 6 nitrogen and oxygen atoms in total. The van der Waals surface area contributed by atoms with Gasteiger partial charge in [0.15, 0.2) is 11.5 Å². The third-order valence-electron chi connectivity index (χ3n) is 4.16. The van der Waals surface area contributed by atoms with Gasteiger partial charge in [-0.3, -0.25) is 4.79 Å². The third-order valence-corrected chi connectivity index (χ3v) is 4.16. The van der Waals surface area contributed by atoms with Gasteiger partial charge in [-0.25, -0.2) is 0 Å². The maximum absolute atomic E-state index is 12.7. The van der Waals surface area contributed by atoms with Crippen molar-refractivity contribution in [2.75, 3.05) is 20.2 Å². The van der Waals surface area contributed by atoms with Gasteiger partial charge in [0.05, 0.1) is 31.1 Å². The van der Waals surface area contributed by atoms with E-state index in [2.05, 4.69) is 10.2 Å². The van der Waals surface area contributed by atoms with Crippen molar-refractivity contribution < 1.29 is 14.3 Å². The molecule has 1 aromatic heterocycles. The minimum absolute atomic E-state index is 0.0178. The van der Waals surface area contributed by atoms with Crippen molar-refractivity contribution in [2.24, 2.45) is 0 Å². The van der Waals surface area contributed by atoms with Gasteiger partial charge >= 0.3 is 0 Å². The van der Waals surface area contributed by atoms with Crippen LogP contribution in [0.15, 0.2) is 36.5 Å². The SMILES string of the molecule is COc1ccccc1OC1CCCN(C(=O)c2ccnnc2C)C1. The van der Waals surface area contributed by atoms with Crippen LogP contribution in [-0.2, 0) is 0 Å². The van der Waals surface area contributed by atoms with E-state index in [1.54, 1.807) is 26.3 Å². The standard InChI is InChI=1S/C18H21N3O3/c1-13-15(9-10-19-20-13)18(22)21-11-5-6-14(12-21)24-17-8-4-3-7-16(17)23-2/h3-4,7-10,14H,5-6,11-12H2,1-2H3. The van der Waals surface area contributed by atoms with Gasteiger partial charge in [-0.1, -0.05) is 12.1 Å². The molecule has 0 spiro atoms. The third kappa shape index (κ3) is 3.48. The second-order valence-corrected chi connectivity index (χ2v) is 5.81. The largest absolute Gasteiger partial charge is 0.493 e. The molecule has 126 valence electrons. The monoisotopic (exact) mass is 327 g/mol. The van der Waals surface area contributed by atoms with E-state index in [0.29, 0.717) is 29.3 Å². The molecular weight excluding hydrogens is 306 g/mol. The number of carbonyl (C=O) groups is 1. The summed E-state index contributed by atoms with van der Waals surface area (Å²) < 4.78 is 11.4. The van der Waals surface area contributed by atoms with E-state index in [1.807, 2.05) is 29.2 Å². The van der Waals surface area contributed by atoms with Gasteiger partial charge in [0, 0.05) is 6.54 Å². The molecule has 1 aromatic carbocycles. The van der Waals surface area contributed by atoms with Crippen LogP contribution in [0.4, 0.5) is 0 Å². The fraction of sp³-hybridized carbons (Fsp3) is 0.389. The zero-order chi connectivity index (χ0) is 16.9. The van der Waals surface area contributed by atoms with Gasteiger partial charge in [0.2, 0.25) is 0 Å². The highest BCUT2D eigenvalue weighted by atomic mass is 16.5. The number of likely N-dealkylation sites (tertiary alicyclic amines) is 1. The summed E-state index contributed by atoms with van der Waals surface area (Å²) in [5.41, 5.74) is 1.25. The normalized spacial score (nSPS) is 17.4. The first kappa shape index (κ1) is 16.2. The first-order valence-electron chi connectivity index (χ1n) is 8.06. The second kappa shape index (κ2) is 7.29. The van der Waals surface area contributed by atoms with Crippen molar-refractivity contribution in [3.05, 3.63) is 47.8 Å². The molecule has 24 heavy (non-hydrogen) atoms. The van der Waals surface area contributed by atoms with Crippen molar-refractivity contribution in [1.82, 2.24) is 15.1 Å². The van der Waals surface area contributed by atoms with Crippen molar-refractivity contribution in [3.63, 3.8) is 0 Å². The Bertz CT molecular complexity index is 720. The van der Waals surface area contributed by atoms with E-state index in [0.717, 1.165) is 19.4 Å². The summed E-state index contributed by atoms with van der Waals surface area (Å²) in [5, 5.41) is 7.76. The number of nitrogens with zero attached hydrogens (tertiary/aromatic N) is 3. The molecule has 2 aromatic rings. The minimum atomic E-state index is -0.0471. The van der Waals surface area contributed by atoms with Crippen LogP contribution in [0.2, 0.25) is 0 Å². The number of hydrogen-bond acceptors (Lipinski definition) is 5. The molecule has 2 heterocycles. The van der Waals surface area contributed by atoms with Crippen LogP contribution in [0.3, 0.4) is 0 Å². The average molecular weight is 327 g/mol. The lowest BCUT2D eigenvalue weighted by Crippen LogP contribution is -2.44. The van der Waals surface area contributed by atoms with Crippen LogP contribution in [0.5, 0.6) is 11.5 Å². The van der Waals surface area contributed by atoms with Crippen molar-refractivity contribution in [2.45, 2.75) is 25.9 Å². The number of hydrogen-bond donors (Lipinski definition) is 0. The molecule has 3 rings (SSSR count). The zero-order valence-corrected chi connectivity index (χ0v) is 13.9. The number of carbonyl (C=O) groups excluding carboxylic acids is 1. The number of ether oxygens (including phenoxy) is 2. The molecule has 0 bridgehead atoms. The van der Waals surface area contributed by atoms with Crippen LogP contribution in [-0.4, -0.2) is 47.3 Å². The number of piperidine rings is 1. The molecular formula is C18H21N3O3. The van der Waals surface area contributed by atoms with E-state index in [9.17, 15) is 4.79 Å². The Morgan fingerprint density at radius 1 is 1.25 bits per heavy atom. The topological polar surface area (TPSA) is 64.6 Å². The quantitative estimate of drug-likeness (QED) is 0.863. The molecule has 1 aliphatic heterocycles. The Hall–Kier alpha value is -2.63. The van der Waals surface area contributed by atoms with Gasteiger partial charge in [0.1, 0.15) is 6.10 Å². The molecule has 0 aliphatic carbocycles. The lowest BCUT2D eigenvalue weighted by atomic mass is 10.1. The Balaban J connectivity index is 1.70. The maximum Gasteiger partial charge on any atom is 0.255 e. The smallest absolute Gasteiger partial charge is 0.255 e. The maximum atomic E-state index is 12.7. The molecule has 1 atom stereocenters. The molecule has 1 fully saturated rings. The van der Waals surface area contributed by atoms with Crippen LogP contribution < -0.4 is 9.47 Å². The number of para-hydroxylation sites is 2. The number of amides is 1. The first-order chi connectivity index (χ1) is 11.7. The predicted molar refractivity (Wildman–Crippen MR) is 89.3 cm³/mol. The molecule has 1 amide bonds. The van der Waals surface area contributed by atoms with Gasteiger partial charge < -0.3 is 14.4 Å². The molecule has 1 saturated heterocycles. The lowest BCUT2D eigenvalue weighted by Gasteiger charge is -2.33. The van der Waals surface area contributed by atoms with E-state index in [-0.39, 0.29) is 12.0 Å². The molecule has 1 aliphatic rings. The highest BCUT2D eigenvalue weighted by molar-refractivity contribution is 5.95. The Morgan fingerprint density at radius 2 is 2.04 bits per heavy atom. The minimum Gasteiger partial charge on any atom is -0.493 e. The van der Waals surface area contributed by atoms with Crippen LogP contribution in [0.1, 0.15) is 28.9 Å². The highest BCUT2D eigenvalue weighted by Crippen LogP contribution is 2.29. The van der Waals surface area contributed by atoms with Crippen molar-refractivity contribution >= 4 is 5.91 Å². The average Bonchev–Trinajstić information content (AvgIpc) is 2.62. The number of benzene rings is 1. The van der Waals surface area contributed by atoms with Gasteiger partial charge in [0.25, 0.3) is 5.91 Å². The van der Waals surface area contributed by atoms with E-state index >= 15 is 0 Å². The lowest BCUT2D eigenvalue weighted by molar-refractivity contribution is 0.0531. The summed E-state index contributed by atoms with van der Waals surface area (Å²) >= 11 is 0. The van der Waals surface area contributed by atoms with Gasteiger partial charge in [-0.05, 0) is 38.0 Å². The summed E-state index contributed by atoms with van der Waals surface area (Å²) in [5.74, 6) is 1.40. The summed E-state index contributed by atoms with van der Waals surface area (Å²) in [6.45, 7) is 3.08. The van der Waals surface area contributed by atoms with Crippen molar-refractivity contribution in [1.29, 1.82) is 0 Å². The fourth-order valence-corrected chi connectivity index (χ4v) is 2.91. The molecule has 0 saturated carbocycles. The summed E-state index contributed by atoms with van der Waals surface area (Å²) in [6, 6.07) is 9.29. The van der Waals surface area contributed by atoms with E-state index in [1.165, 1.54) is 0 Å². The van der Waals surface area contributed by atoms with Crippen molar-refractivity contribution in [3.8, 4) is 11.5 Å². The predicted octanol–water partition coefficient (Wildman–Crippen LogP) is 2.48. The zero-order valence-electron chi connectivity index (χ0n) is 13.9. The number of aromatic nitrogens is 2. The summed E-state index contributed by atoms with van der Waals surface area (Å²) in [7, 11) is 1.62. The Kier molecular flexibility index (Phi) is 4.93. The summed E-state index contributed by atoms with van der Waals surface area (Å²) in [4.78, 5) is 14.5. The first-order valence-corrected chi connectivity index (χ1v) is 8.06. The van der Waals surface area contributed by atoms with Crippen LogP contribution in [0, 0.1) is 6.92 Å². The van der Waals surface area contributed by atoms with E-state index in [4.69, 9.17) is 9.47 Å². The molecule has 0 radical (unpaired) electrons. The summed E-state index contributed by atoms with van der Waals surface area (Å²) in [6.07, 6.45) is 3.32. The number of rotatable bonds is 4. The Morgan fingerprint density at radius 3 is 2.79 bits per heavy atom. The second-order valence-electron chi connectivity index (χ2n) is 5.81. The number of aryl methyl sites for hydroxylation is 1.